The van der Waals surface area contributed by atoms with Crippen molar-refractivity contribution in [2.45, 2.75) is 63.1 Å². The minimum atomic E-state index is 0.0982. The Bertz CT molecular complexity index is 735. The molecular formula is C20H28N4OS. The van der Waals surface area contributed by atoms with Gasteiger partial charge in [0.05, 0.1) is 5.75 Å². The van der Waals surface area contributed by atoms with E-state index in [9.17, 15) is 4.79 Å². The number of hydrogen-bond donors (Lipinski definition) is 1. The predicted octanol–water partition coefficient (Wildman–Crippen LogP) is 4.11. The molecule has 1 aromatic heterocycles. The van der Waals surface area contributed by atoms with Crippen molar-refractivity contribution in [3.63, 3.8) is 0 Å². The summed E-state index contributed by atoms with van der Waals surface area (Å²) >= 11 is 1.45. The van der Waals surface area contributed by atoms with Gasteiger partial charge in [-0.05, 0) is 25.3 Å². The maximum atomic E-state index is 12.3. The highest BCUT2D eigenvalue weighted by atomic mass is 32.2. The van der Waals surface area contributed by atoms with Gasteiger partial charge in [0, 0.05) is 18.7 Å². The van der Waals surface area contributed by atoms with Crippen molar-refractivity contribution in [1.82, 2.24) is 20.1 Å². The third-order valence-electron chi connectivity index (χ3n) is 5.02. The van der Waals surface area contributed by atoms with Crippen LogP contribution in [0.5, 0.6) is 0 Å². The number of nitrogens with zero attached hydrogens (tertiary/aromatic N) is 3. The Hall–Kier alpha value is -1.82. The number of aryl methyl sites for hydroxylation is 1. The van der Waals surface area contributed by atoms with Crippen LogP contribution in [0.4, 0.5) is 0 Å². The third-order valence-corrected chi connectivity index (χ3v) is 6.04. The normalized spacial score (nSPS) is 16.1. The number of thioether (sulfide) groups is 1. The van der Waals surface area contributed by atoms with E-state index < -0.39 is 0 Å². The zero-order valence-corrected chi connectivity index (χ0v) is 16.5. The van der Waals surface area contributed by atoms with Crippen LogP contribution in [-0.4, -0.2) is 32.5 Å². The summed E-state index contributed by atoms with van der Waals surface area (Å²) in [4.78, 5) is 12.3. The van der Waals surface area contributed by atoms with Crippen LogP contribution in [0.15, 0.2) is 29.4 Å². The fourth-order valence-electron chi connectivity index (χ4n) is 3.50. The summed E-state index contributed by atoms with van der Waals surface area (Å²) in [5, 5.41) is 12.6. The number of hydrogen-bond acceptors (Lipinski definition) is 4. The number of nitrogens with one attached hydrogen (secondary N) is 1. The first kappa shape index (κ1) is 19.0. The molecule has 0 unspecified atom stereocenters. The van der Waals surface area contributed by atoms with Crippen molar-refractivity contribution in [1.29, 1.82) is 0 Å². The highest BCUT2D eigenvalue weighted by molar-refractivity contribution is 7.99. The van der Waals surface area contributed by atoms with Gasteiger partial charge in [0.15, 0.2) is 11.0 Å². The molecule has 2 aromatic rings. The molecule has 1 aliphatic rings. The fourth-order valence-corrected chi connectivity index (χ4v) is 4.22. The molecule has 0 atom stereocenters. The second-order valence-corrected chi connectivity index (χ2v) is 8.02. The van der Waals surface area contributed by atoms with Gasteiger partial charge in [-0.3, -0.25) is 4.79 Å². The van der Waals surface area contributed by atoms with Gasteiger partial charge in [-0.15, -0.1) is 10.2 Å². The first-order valence-corrected chi connectivity index (χ1v) is 10.5. The summed E-state index contributed by atoms with van der Waals surface area (Å²) in [5.74, 6) is 1.32. The van der Waals surface area contributed by atoms with E-state index in [1.807, 2.05) is 23.7 Å². The lowest BCUT2D eigenvalue weighted by Gasteiger charge is -2.20. The third kappa shape index (κ3) is 4.87. The monoisotopic (exact) mass is 372 g/mol. The van der Waals surface area contributed by atoms with Gasteiger partial charge in [-0.1, -0.05) is 68.1 Å². The van der Waals surface area contributed by atoms with Gasteiger partial charge in [0.2, 0.25) is 5.91 Å². The highest BCUT2D eigenvalue weighted by Crippen LogP contribution is 2.25. The van der Waals surface area contributed by atoms with Crippen LogP contribution in [0.25, 0.3) is 11.4 Å². The molecule has 0 saturated heterocycles. The van der Waals surface area contributed by atoms with E-state index in [0.717, 1.165) is 29.4 Å². The number of rotatable bonds is 5. The minimum absolute atomic E-state index is 0.0982. The minimum Gasteiger partial charge on any atom is -0.353 e. The summed E-state index contributed by atoms with van der Waals surface area (Å²) < 4.78 is 1.97. The second-order valence-electron chi connectivity index (χ2n) is 7.08. The van der Waals surface area contributed by atoms with Crippen LogP contribution in [0.2, 0.25) is 0 Å². The maximum Gasteiger partial charge on any atom is 0.230 e. The predicted molar refractivity (Wildman–Crippen MR) is 106 cm³/mol. The number of carbonyl (C=O) groups excluding carboxylic acids is 1. The standard InChI is InChI=1S/C20H28N4OS/c1-15-10-8-9-13-17(15)19-22-23-20(24(19)2)26-14-18(25)21-16-11-6-4-3-5-7-12-16/h8-10,13,16H,3-7,11-12,14H2,1-2H3,(H,21,25). The SMILES string of the molecule is Cc1ccccc1-c1nnc(SCC(=O)NC2CCCCCCC2)n1C. The molecule has 0 aliphatic heterocycles. The van der Waals surface area contributed by atoms with Crippen molar-refractivity contribution in [3.8, 4) is 11.4 Å². The fraction of sp³-hybridized carbons (Fsp3) is 0.550. The molecule has 1 fully saturated rings. The van der Waals surface area contributed by atoms with Crippen molar-refractivity contribution in [3.05, 3.63) is 29.8 Å². The van der Waals surface area contributed by atoms with Gasteiger partial charge in [0.25, 0.3) is 0 Å². The summed E-state index contributed by atoms with van der Waals surface area (Å²) in [5.41, 5.74) is 2.25. The van der Waals surface area contributed by atoms with Crippen LogP contribution < -0.4 is 5.32 Å². The average molecular weight is 373 g/mol. The summed E-state index contributed by atoms with van der Waals surface area (Å²) in [6.45, 7) is 2.07. The smallest absolute Gasteiger partial charge is 0.230 e. The molecule has 26 heavy (non-hydrogen) atoms. The average Bonchev–Trinajstić information content (AvgIpc) is 2.96. The lowest BCUT2D eigenvalue weighted by atomic mass is 9.97. The lowest BCUT2D eigenvalue weighted by Crippen LogP contribution is -2.36. The Morgan fingerprint density at radius 3 is 2.58 bits per heavy atom. The molecule has 0 spiro atoms. The maximum absolute atomic E-state index is 12.3. The molecule has 0 bridgehead atoms. The molecule has 0 radical (unpaired) electrons. The van der Waals surface area contributed by atoms with Crippen molar-refractivity contribution >= 4 is 17.7 Å². The topological polar surface area (TPSA) is 59.8 Å². The highest BCUT2D eigenvalue weighted by Gasteiger charge is 2.17. The Kier molecular flexibility index (Phi) is 6.72. The lowest BCUT2D eigenvalue weighted by molar-refractivity contribution is -0.119. The van der Waals surface area contributed by atoms with Crippen molar-refractivity contribution < 1.29 is 4.79 Å². The van der Waals surface area contributed by atoms with E-state index in [1.165, 1.54) is 49.4 Å². The molecule has 1 N–H and O–H groups in total. The van der Waals surface area contributed by atoms with E-state index in [-0.39, 0.29) is 5.91 Å². The van der Waals surface area contributed by atoms with Gasteiger partial charge in [-0.2, -0.15) is 0 Å². The zero-order valence-electron chi connectivity index (χ0n) is 15.7. The van der Waals surface area contributed by atoms with Crippen LogP contribution >= 0.6 is 11.8 Å². The van der Waals surface area contributed by atoms with E-state index in [4.69, 9.17) is 0 Å². The van der Waals surface area contributed by atoms with E-state index in [0.29, 0.717) is 11.8 Å². The molecule has 1 aliphatic carbocycles. The first-order chi connectivity index (χ1) is 12.6. The zero-order chi connectivity index (χ0) is 18.4. The quantitative estimate of drug-likeness (QED) is 0.803. The largest absolute Gasteiger partial charge is 0.353 e. The van der Waals surface area contributed by atoms with Gasteiger partial charge in [-0.25, -0.2) is 0 Å². The van der Waals surface area contributed by atoms with Crippen LogP contribution in [0, 0.1) is 6.92 Å². The Morgan fingerprint density at radius 1 is 1.15 bits per heavy atom. The van der Waals surface area contributed by atoms with E-state index in [2.05, 4.69) is 34.6 Å². The van der Waals surface area contributed by atoms with Gasteiger partial charge < -0.3 is 9.88 Å². The summed E-state index contributed by atoms with van der Waals surface area (Å²) in [6, 6.07) is 8.48. The Morgan fingerprint density at radius 2 is 1.85 bits per heavy atom. The molecule has 140 valence electrons. The van der Waals surface area contributed by atoms with Crippen molar-refractivity contribution in [2.24, 2.45) is 7.05 Å². The molecule has 1 heterocycles. The summed E-state index contributed by atoms with van der Waals surface area (Å²) in [6.07, 6.45) is 8.59. The number of amides is 1. The second kappa shape index (κ2) is 9.21. The summed E-state index contributed by atoms with van der Waals surface area (Å²) in [7, 11) is 1.96. The molecular weight excluding hydrogens is 344 g/mol. The Balaban J connectivity index is 1.56. The van der Waals surface area contributed by atoms with Crippen LogP contribution in [0.1, 0.15) is 50.5 Å². The number of aromatic nitrogens is 3. The molecule has 3 rings (SSSR count). The van der Waals surface area contributed by atoms with Gasteiger partial charge >= 0.3 is 0 Å². The molecule has 6 heteroatoms. The first-order valence-electron chi connectivity index (χ1n) is 9.52. The van der Waals surface area contributed by atoms with Crippen LogP contribution in [-0.2, 0) is 11.8 Å². The molecule has 5 nitrogen and oxygen atoms in total. The van der Waals surface area contributed by atoms with Crippen LogP contribution in [0.3, 0.4) is 0 Å². The Labute approximate surface area is 160 Å². The van der Waals surface area contributed by atoms with E-state index >= 15 is 0 Å². The van der Waals surface area contributed by atoms with Crippen molar-refractivity contribution in [2.75, 3.05) is 5.75 Å². The molecule has 1 amide bonds. The molecule has 1 aromatic carbocycles. The van der Waals surface area contributed by atoms with E-state index in [1.54, 1.807) is 0 Å². The molecule has 1 saturated carbocycles. The van der Waals surface area contributed by atoms with Gasteiger partial charge in [0.1, 0.15) is 0 Å². The number of carbonyl (C=O) groups is 1. The number of benzene rings is 1.